The van der Waals surface area contributed by atoms with Gasteiger partial charge in [-0.2, -0.15) is 0 Å². The van der Waals surface area contributed by atoms with Crippen LogP contribution in [-0.4, -0.2) is 15.8 Å². The van der Waals surface area contributed by atoms with Crippen molar-refractivity contribution in [2.75, 3.05) is 5.32 Å². The van der Waals surface area contributed by atoms with E-state index in [0.29, 0.717) is 29.3 Å². The molecular weight excluding hydrogens is 234 g/mol. The first kappa shape index (κ1) is 10.6. The van der Waals surface area contributed by atoms with Gasteiger partial charge >= 0.3 is 0 Å². The van der Waals surface area contributed by atoms with Crippen molar-refractivity contribution in [2.45, 2.75) is 12.8 Å². The van der Waals surface area contributed by atoms with Crippen LogP contribution in [0.25, 0.3) is 10.8 Å². The minimum atomic E-state index is -0.416. The molecule has 0 aliphatic carbocycles. The molecule has 0 spiro atoms. The number of aryl methyl sites for hydroxylation is 1. The Labute approximate surface area is 102 Å². The molecule has 6 heteroatoms. The smallest absolute Gasteiger partial charge is 0.279 e. The van der Waals surface area contributed by atoms with Crippen LogP contribution in [0.3, 0.4) is 0 Å². The number of nitro groups is 1. The maximum atomic E-state index is 11.4. The highest BCUT2D eigenvalue weighted by Crippen LogP contribution is 2.36. The van der Waals surface area contributed by atoms with Crippen LogP contribution >= 0.6 is 0 Å². The molecule has 0 fully saturated rings. The maximum absolute atomic E-state index is 11.4. The SMILES string of the molecule is O=C1CCc2cc([N+](=O)[O-])c3cnccc3c2N1. The summed E-state index contributed by atoms with van der Waals surface area (Å²) >= 11 is 0. The Hall–Kier alpha value is -2.50. The molecule has 1 aliphatic heterocycles. The lowest BCUT2D eigenvalue weighted by molar-refractivity contribution is -0.383. The number of rotatable bonds is 1. The second-order valence-corrected chi connectivity index (χ2v) is 4.16. The van der Waals surface area contributed by atoms with Gasteiger partial charge in [-0.25, -0.2) is 0 Å². The zero-order valence-corrected chi connectivity index (χ0v) is 9.34. The summed E-state index contributed by atoms with van der Waals surface area (Å²) in [5.74, 6) is -0.0607. The summed E-state index contributed by atoms with van der Waals surface area (Å²) in [7, 11) is 0. The summed E-state index contributed by atoms with van der Waals surface area (Å²) in [5.41, 5.74) is 1.52. The number of carbonyl (C=O) groups excluding carboxylic acids is 1. The first-order valence-corrected chi connectivity index (χ1v) is 5.50. The quantitative estimate of drug-likeness (QED) is 0.613. The van der Waals surface area contributed by atoms with Gasteiger partial charge in [0.05, 0.1) is 16.0 Å². The third-order valence-electron chi connectivity index (χ3n) is 3.08. The highest BCUT2D eigenvalue weighted by Gasteiger charge is 2.23. The van der Waals surface area contributed by atoms with Crippen molar-refractivity contribution in [3.05, 3.63) is 40.2 Å². The Kier molecular flexibility index (Phi) is 2.22. The van der Waals surface area contributed by atoms with Gasteiger partial charge in [-0.05, 0) is 18.1 Å². The fraction of sp³-hybridized carbons (Fsp3) is 0.167. The number of fused-ring (bicyclic) bond motifs is 3. The minimum absolute atomic E-state index is 0.0352. The van der Waals surface area contributed by atoms with E-state index in [-0.39, 0.29) is 11.6 Å². The number of amides is 1. The van der Waals surface area contributed by atoms with E-state index in [0.717, 1.165) is 5.56 Å². The van der Waals surface area contributed by atoms with Gasteiger partial charge in [-0.15, -0.1) is 0 Å². The molecule has 2 aromatic rings. The van der Waals surface area contributed by atoms with Crippen LogP contribution in [0.1, 0.15) is 12.0 Å². The fourth-order valence-corrected chi connectivity index (χ4v) is 2.25. The Morgan fingerprint density at radius 1 is 1.33 bits per heavy atom. The molecule has 0 radical (unpaired) electrons. The number of anilines is 1. The predicted molar refractivity (Wildman–Crippen MR) is 65.3 cm³/mol. The Bertz CT molecular complexity index is 682. The molecule has 0 saturated heterocycles. The van der Waals surface area contributed by atoms with Crippen molar-refractivity contribution < 1.29 is 9.72 Å². The van der Waals surface area contributed by atoms with Gasteiger partial charge < -0.3 is 5.32 Å². The van der Waals surface area contributed by atoms with E-state index in [1.54, 1.807) is 12.3 Å². The number of pyridine rings is 1. The van der Waals surface area contributed by atoms with Crippen molar-refractivity contribution >= 4 is 28.1 Å². The zero-order valence-electron chi connectivity index (χ0n) is 9.34. The fourth-order valence-electron chi connectivity index (χ4n) is 2.25. The van der Waals surface area contributed by atoms with E-state index in [1.165, 1.54) is 12.3 Å². The van der Waals surface area contributed by atoms with Crippen LogP contribution in [0.4, 0.5) is 11.4 Å². The number of non-ortho nitro benzene ring substituents is 1. The average Bonchev–Trinajstić information content (AvgIpc) is 2.37. The predicted octanol–water partition coefficient (Wildman–Crippen LogP) is 2.03. The first-order chi connectivity index (χ1) is 8.66. The maximum Gasteiger partial charge on any atom is 0.279 e. The molecule has 0 bridgehead atoms. The highest BCUT2D eigenvalue weighted by molar-refractivity contribution is 6.07. The normalized spacial score (nSPS) is 14.1. The standard InChI is InChI=1S/C12H9N3O3/c16-11-2-1-7-5-10(15(17)18)9-6-13-4-3-8(9)12(7)14-11/h3-6H,1-2H2,(H,14,16). The van der Waals surface area contributed by atoms with Crippen LogP contribution in [0.5, 0.6) is 0 Å². The van der Waals surface area contributed by atoms with Gasteiger partial charge in [0, 0.05) is 30.3 Å². The summed E-state index contributed by atoms with van der Waals surface area (Å²) in [4.78, 5) is 26.0. The number of hydrogen-bond donors (Lipinski definition) is 1. The topological polar surface area (TPSA) is 85.1 Å². The molecular formula is C12H9N3O3. The molecule has 3 rings (SSSR count). The van der Waals surface area contributed by atoms with Crippen molar-refractivity contribution in [3.8, 4) is 0 Å². The summed E-state index contributed by atoms with van der Waals surface area (Å²) in [5, 5.41) is 15.0. The van der Waals surface area contributed by atoms with E-state index in [4.69, 9.17) is 0 Å². The van der Waals surface area contributed by atoms with Crippen LogP contribution < -0.4 is 5.32 Å². The van der Waals surface area contributed by atoms with Gasteiger partial charge in [0.1, 0.15) is 0 Å². The first-order valence-electron chi connectivity index (χ1n) is 5.50. The second kappa shape index (κ2) is 3.76. The van der Waals surface area contributed by atoms with E-state index in [2.05, 4.69) is 10.3 Å². The van der Waals surface area contributed by atoms with E-state index in [1.807, 2.05) is 0 Å². The lowest BCUT2D eigenvalue weighted by atomic mass is 9.97. The average molecular weight is 243 g/mol. The summed E-state index contributed by atoms with van der Waals surface area (Å²) < 4.78 is 0. The van der Waals surface area contributed by atoms with E-state index < -0.39 is 4.92 Å². The van der Waals surface area contributed by atoms with E-state index in [9.17, 15) is 14.9 Å². The van der Waals surface area contributed by atoms with Gasteiger partial charge in [0.25, 0.3) is 5.69 Å². The van der Waals surface area contributed by atoms with E-state index >= 15 is 0 Å². The third kappa shape index (κ3) is 1.50. The zero-order chi connectivity index (χ0) is 12.7. The minimum Gasteiger partial charge on any atom is -0.325 e. The largest absolute Gasteiger partial charge is 0.325 e. The molecule has 1 aromatic carbocycles. The Balaban J connectivity index is 2.38. The molecule has 90 valence electrons. The molecule has 0 saturated carbocycles. The van der Waals surface area contributed by atoms with Crippen molar-refractivity contribution in [1.29, 1.82) is 0 Å². The molecule has 2 heterocycles. The van der Waals surface area contributed by atoms with Gasteiger partial charge in [-0.3, -0.25) is 19.9 Å². The number of aromatic nitrogens is 1. The monoisotopic (exact) mass is 243 g/mol. The highest BCUT2D eigenvalue weighted by atomic mass is 16.6. The molecule has 0 atom stereocenters. The summed E-state index contributed by atoms with van der Waals surface area (Å²) in [6.45, 7) is 0. The van der Waals surface area contributed by atoms with Crippen LogP contribution in [-0.2, 0) is 11.2 Å². The number of nitro benzene ring substituents is 1. The number of benzene rings is 1. The molecule has 0 unspecified atom stereocenters. The molecule has 1 aliphatic rings. The summed E-state index contributed by atoms with van der Waals surface area (Å²) in [6, 6.07) is 3.21. The molecule has 6 nitrogen and oxygen atoms in total. The van der Waals surface area contributed by atoms with Gasteiger partial charge in [-0.1, -0.05) is 0 Å². The van der Waals surface area contributed by atoms with Crippen molar-refractivity contribution in [3.63, 3.8) is 0 Å². The number of nitrogens with zero attached hydrogens (tertiary/aromatic N) is 2. The third-order valence-corrected chi connectivity index (χ3v) is 3.08. The molecule has 1 N–H and O–H groups in total. The molecule has 18 heavy (non-hydrogen) atoms. The van der Waals surface area contributed by atoms with Crippen molar-refractivity contribution in [1.82, 2.24) is 4.98 Å². The Morgan fingerprint density at radius 2 is 2.17 bits per heavy atom. The second-order valence-electron chi connectivity index (χ2n) is 4.16. The number of carbonyl (C=O) groups is 1. The van der Waals surface area contributed by atoms with Crippen LogP contribution in [0.15, 0.2) is 24.5 Å². The summed E-state index contributed by atoms with van der Waals surface area (Å²) in [6.07, 6.45) is 3.91. The lowest BCUT2D eigenvalue weighted by Crippen LogP contribution is -2.19. The lowest BCUT2D eigenvalue weighted by Gasteiger charge is -2.18. The van der Waals surface area contributed by atoms with Crippen LogP contribution in [0.2, 0.25) is 0 Å². The number of hydrogen-bond acceptors (Lipinski definition) is 4. The van der Waals surface area contributed by atoms with Gasteiger partial charge in [0.2, 0.25) is 5.91 Å². The Morgan fingerprint density at radius 3 is 2.94 bits per heavy atom. The van der Waals surface area contributed by atoms with Crippen LogP contribution in [0, 0.1) is 10.1 Å². The van der Waals surface area contributed by atoms with Crippen molar-refractivity contribution in [2.24, 2.45) is 0 Å². The molecule has 1 aromatic heterocycles. The van der Waals surface area contributed by atoms with Gasteiger partial charge in [0.15, 0.2) is 0 Å². The number of nitrogens with one attached hydrogen (secondary N) is 1. The molecule has 1 amide bonds.